The van der Waals surface area contributed by atoms with Gasteiger partial charge in [0.15, 0.2) is 0 Å². The van der Waals surface area contributed by atoms with E-state index in [9.17, 15) is 0 Å². The molecule has 0 amide bonds. The van der Waals surface area contributed by atoms with Crippen LogP contribution in [0.15, 0.2) is 54.6 Å². The minimum atomic E-state index is 0.219. The fraction of sp³-hybridized carbons (Fsp3) is 0.188. The van der Waals surface area contributed by atoms with Crippen LogP contribution < -0.4 is 5.73 Å². The van der Waals surface area contributed by atoms with E-state index in [-0.39, 0.29) is 6.61 Å². The lowest BCUT2D eigenvalue weighted by Crippen LogP contribution is -1.99. The maximum atomic E-state index is 7.99. The Hall–Kier alpha value is -1.97. The summed E-state index contributed by atoms with van der Waals surface area (Å²) in [6.45, 7) is 0.812. The van der Waals surface area contributed by atoms with E-state index in [1.54, 1.807) is 0 Å². The van der Waals surface area contributed by atoms with Gasteiger partial charge in [-0.05, 0) is 31.2 Å². The number of benzene rings is 2. The van der Waals surface area contributed by atoms with Gasteiger partial charge in [-0.3, -0.25) is 0 Å². The van der Waals surface area contributed by atoms with Crippen molar-refractivity contribution in [3.63, 3.8) is 0 Å². The molecule has 0 saturated heterocycles. The average molecular weight is 254 g/mol. The maximum Gasteiger partial charge on any atom is 0.0709 e. The van der Waals surface area contributed by atoms with Gasteiger partial charge >= 0.3 is 0 Å². The molecule has 0 radical (unpaired) electrons. The molecular weight excluding hydrogens is 236 g/mol. The van der Waals surface area contributed by atoms with E-state index in [1.165, 1.54) is 10.8 Å². The summed E-state index contributed by atoms with van der Waals surface area (Å²) in [6.07, 6.45) is 0.722. The third-order valence-electron chi connectivity index (χ3n) is 2.79. The quantitative estimate of drug-likeness (QED) is 0.691. The van der Waals surface area contributed by atoms with Gasteiger partial charge in [-0.2, -0.15) is 0 Å². The number of aliphatic hydroxyl groups is 1. The van der Waals surface area contributed by atoms with Gasteiger partial charge in [-0.1, -0.05) is 36.4 Å². The number of para-hydroxylation sites is 2. The Morgan fingerprint density at radius 1 is 0.895 bits per heavy atom. The second kappa shape index (κ2) is 6.83. The summed E-state index contributed by atoms with van der Waals surface area (Å²) in [6, 6.07) is 18.6. The van der Waals surface area contributed by atoms with Crippen LogP contribution >= 0.6 is 0 Å². The monoisotopic (exact) mass is 254 g/mol. The summed E-state index contributed by atoms with van der Waals surface area (Å²) in [5, 5.41) is 10.4. The van der Waals surface area contributed by atoms with Crippen LogP contribution in [0.2, 0.25) is 0 Å². The molecule has 0 fully saturated rings. The second-order valence-corrected chi connectivity index (χ2v) is 4.24. The zero-order chi connectivity index (χ0) is 13.5. The predicted octanol–water partition coefficient (Wildman–Crippen LogP) is 2.72. The molecule has 19 heavy (non-hydrogen) atoms. The van der Waals surface area contributed by atoms with E-state index < -0.39 is 0 Å². The van der Waals surface area contributed by atoms with E-state index in [4.69, 9.17) is 10.8 Å². The first kappa shape index (κ1) is 13.5. The fourth-order valence-electron chi connectivity index (χ4n) is 1.81. The Bertz CT molecular complexity index is 545. The van der Waals surface area contributed by atoms with Crippen molar-refractivity contribution in [2.45, 2.75) is 6.42 Å². The number of nitrogens with two attached hydrogens (primary N) is 1. The zero-order valence-electron chi connectivity index (χ0n) is 10.8. The molecule has 0 unspecified atom stereocenters. The van der Waals surface area contributed by atoms with Crippen LogP contribution in [0, 0.1) is 0 Å². The smallest absolute Gasteiger partial charge is 0.0709 e. The molecule has 0 aliphatic heterocycles. The highest BCUT2D eigenvalue weighted by molar-refractivity contribution is 5.92. The number of nitrogens with zero attached hydrogens (tertiary/aromatic N) is 1. The Morgan fingerprint density at radius 3 is 1.84 bits per heavy atom. The third-order valence-corrected chi connectivity index (χ3v) is 2.79. The molecule has 0 bridgehead atoms. The molecule has 3 N–H and O–H groups in total. The van der Waals surface area contributed by atoms with Crippen LogP contribution in [0.5, 0.6) is 0 Å². The third kappa shape index (κ3) is 3.50. The van der Waals surface area contributed by atoms with E-state index in [1.807, 2.05) is 36.4 Å². The summed E-state index contributed by atoms with van der Waals surface area (Å²) in [7, 11) is 0. The van der Waals surface area contributed by atoms with E-state index >= 15 is 0 Å². The molecule has 2 aromatic carbocycles. The number of aromatic nitrogens is 1. The van der Waals surface area contributed by atoms with Crippen molar-refractivity contribution in [1.29, 1.82) is 0 Å². The number of hydrogen-bond donors (Lipinski definition) is 2. The van der Waals surface area contributed by atoms with E-state index in [2.05, 4.69) is 23.2 Å². The molecule has 98 valence electrons. The van der Waals surface area contributed by atoms with Crippen LogP contribution in [0.1, 0.15) is 6.42 Å². The highest BCUT2D eigenvalue weighted by Crippen LogP contribution is 2.18. The molecule has 1 aromatic heterocycles. The number of pyridine rings is 1. The number of aliphatic hydroxyl groups excluding tert-OH is 1. The van der Waals surface area contributed by atoms with Crippen molar-refractivity contribution in [3.05, 3.63) is 54.6 Å². The van der Waals surface area contributed by atoms with Crippen molar-refractivity contribution in [2.24, 2.45) is 5.73 Å². The molecular formula is C16H18N2O. The summed E-state index contributed by atoms with van der Waals surface area (Å²) < 4.78 is 0. The van der Waals surface area contributed by atoms with Gasteiger partial charge in [0.1, 0.15) is 0 Å². The molecule has 3 aromatic rings. The van der Waals surface area contributed by atoms with Crippen LogP contribution in [0.25, 0.3) is 21.8 Å². The highest BCUT2D eigenvalue weighted by atomic mass is 16.2. The zero-order valence-corrected chi connectivity index (χ0v) is 10.8. The van der Waals surface area contributed by atoms with E-state index in [0.717, 1.165) is 17.5 Å². The Kier molecular flexibility index (Phi) is 4.84. The van der Waals surface area contributed by atoms with Gasteiger partial charge in [0, 0.05) is 17.4 Å². The van der Waals surface area contributed by atoms with Gasteiger partial charge in [-0.15, -0.1) is 0 Å². The normalized spacial score (nSPS) is 10.2. The molecule has 3 rings (SSSR count). The summed E-state index contributed by atoms with van der Waals surface area (Å²) in [5.74, 6) is 0. The topological polar surface area (TPSA) is 59.1 Å². The van der Waals surface area contributed by atoms with Crippen molar-refractivity contribution in [3.8, 4) is 0 Å². The van der Waals surface area contributed by atoms with Gasteiger partial charge in [0.2, 0.25) is 0 Å². The first-order valence-corrected chi connectivity index (χ1v) is 6.40. The molecule has 0 spiro atoms. The van der Waals surface area contributed by atoms with Crippen molar-refractivity contribution in [1.82, 2.24) is 4.98 Å². The number of hydrogen-bond acceptors (Lipinski definition) is 3. The lowest BCUT2D eigenvalue weighted by atomic mass is 10.1. The van der Waals surface area contributed by atoms with Crippen molar-refractivity contribution >= 4 is 21.8 Å². The number of rotatable bonds is 2. The van der Waals surface area contributed by atoms with Gasteiger partial charge < -0.3 is 10.8 Å². The summed E-state index contributed by atoms with van der Waals surface area (Å²) in [4.78, 5) is 4.58. The Labute approximate surface area is 112 Å². The van der Waals surface area contributed by atoms with Crippen LogP contribution in [0.4, 0.5) is 0 Å². The standard InChI is InChI=1S/C13H9N.C3H9NO/c1-3-7-12-10(5-1)9-11-6-2-4-8-13(11)14-12;4-2-1-3-5/h1-9H;5H,1-4H2. The lowest BCUT2D eigenvalue weighted by Gasteiger charge is -1.99. The Balaban J connectivity index is 0.000000232. The molecule has 0 saturated carbocycles. The van der Waals surface area contributed by atoms with Crippen LogP contribution in [-0.2, 0) is 0 Å². The first-order chi connectivity index (χ1) is 9.35. The van der Waals surface area contributed by atoms with Gasteiger partial charge in [0.05, 0.1) is 11.0 Å². The number of fused-ring (bicyclic) bond motifs is 2. The van der Waals surface area contributed by atoms with Gasteiger partial charge in [-0.25, -0.2) is 4.98 Å². The van der Waals surface area contributed by atoms with Crippen molar-refractivity contribution in [2.75, 3.05) is 13.2 Å². The molecule has 0 atom stereocenters. The predicted molar refractivity (Wildman–Crippen MR) is 80.0 cm³/mol. The SMILES string of the molecule is NCCCO.c1ccc2nc3ccccc3cc2c1. The molecule has 3 heteroatoms. The fourth-order valence-corrected chi connectivity index (χ4v) is 1.81. The minimum Gasteiger partial charge on any atom is -0.396 e. The second-order valence-electron chi connectivity index (χ2n) is 4.24. The van der Waals surface area contributed by atoms with Crippen LogP contribution in [0.3, 0.4) is 0 Å². The molecule has 3 nitrogen and oxygen atoms in total. The Morgan fingerprint density at radius 2 is 1.42 bits per heavy atom. The minimum absolute atomic E-state index is 0.219. The molecule has 1 heterocycles. The average Bonchev–Trinajstić information content (AvgIpc) is 2.46. The summed E-state index contributed by atoms with van der Waals surface area (Å²) in [5.41, 5.74) is 7.10. The molecule has 0 aliphatic carbocycles. The maximum absolute atomic E-state index is 7.99. The van der Waals surface area contributed by atoms with Gasteiger partial charge in [0.25, 0.3) is 0 Å². The summed E-state index contributed by atoms with van der Waals surface area (Å²) >= 11 is 0. The highest BCUT2D eigenvalue weighted by Gasteiger charge is 1.96. The van der Waals surface area contributed by atoms with Crippen molar-refractivity contribution < 1.29 is 5.11 Å². The van der Waals surface area contributed by atoms with E-state index in [0.29, 0.717) is 6.54 Å². The lowest BCUT2D eigenvalue weighted by molar-refractivity contribution is 0.291. The van der Waals surface area contributed by atoms with Crippen LogP contribution in [-0.4, -0.2) is 23.2 Å². The molecule has 0 aliphatic rings. The largest absolute Gasteiger partial charge is 0.396 e. The first-order valence-electron chi connectivity index (χ1n) is 6.40.